The summed E-state index contributed by atoms with van der Waals surface area (Å²) in [6.45, 7) is 25.5. The maximum Gasteiger partial charge on any atom is 0.410 e. The van der Waals surface area contributed by atoms with Gasteiger partial charge < -0.3 is 54.7 Å². The Morgan fingerprint density at radius 1 is 0.571 bits per heavy atom. The molecule has 2 saturated heterocycles. The standard InChI is InChI=1S/C26H32N6O6.C13H11N3O4.C13H21N3O3.C10H21NO5S.C9H19NO3.C4H4N2O.CH3ClO2S/c1-26(2,3)38-25(37)30(4)11-6-12-31-15-16(14-28-31)13-27-18-8-5-7-17-21(18)24(36)32(23(17)35)19-9-10-20(33)29-22(19)34;14-7-3-1-2-6-10(7)13(20)16(12(6)19)8-4-5-9(17)15-11(8)18;1-13(2,3)19-12(18)15(4)6-5-7-16-9-11(10-17)8-14-16;1-10(2,3)16-9(12)11(4)7-6-8-15-17(5,13)14;1-9(2,3)13-8(12)10(4)6-5-7-11;7-3-4-1-5-6-2-4;1-5(2,3)4/h5,7-8,14-15,19,27H,6,9-13H2,1-4H3,(H,29,33,34);1-3,8H,4-5,14H2,(H,15,17,18);8-10H,5-7H2,1-4H3;6-8H2,1-5H3;11H,5-7H2,1-4H3;1-3H,(H,5,6);1H3. The number of amides is 12. The number of nitrogens with two attached hydrogens (primary N) is 1. The fourth-order valence-electron chi connectivity index (χ4n) is 10.4. The molecule has 3 aromatic heterocycles. The molecule has 0 saturated carbocycles. The molecule has 2 atom stereocenters. The highest BCUT2D eigenvalue weighted by atomic mass is 35.7. The molecule has 4 aliphatic rings. The predicted molar refractivity (Wildman–Crippen MR) is 434 cm³/mol. The normalized spacial score (nSPS) is 15.0. The van der Waals surface area contributed by atoms with Crippen LogP contribution in [0.15, 0.2) is 73.6 Å². The lowest BCUT2D eigenvalue weighted by atomic mass is 10.0. The van der Waals surface area contributed by atoms with E-state index in [1.165, 1.54) is 50.3 Å². The number of nitrogens with zero attached hydrogens (tertiary/aromatic N) is 11. The molecule has 4 aliphatic heterocycles. The Hall–Kier alpha value is -11.2. The lowest BCUT2D eigenvalue weighted by molar-refractivity contribution is -0.137. The van der Waals surface area contributed by atoms with Crippen LogP contribution in [0.25, 0.3) is 0 Å². The minimum atomic E-state index is -3.41. The molecule has 0 bridgehead atoms. The third kappa shape index (κ3) is 37.5. The number of fused-ring (bicyclic) bond motifs is 2. The zero-order valence-corrected chi connectivity index (χ0v) is 72.7. The number of aromatic amines is 1. The molecule has 7 heterocycles. The number of carbonyl (C=O) groups excluding carboxylic acids is 14. The maximum absolute atomic E-state index is 13.2. The average molecular weight is 1730 g/mol. The zero-order chi connectivity index (χ0) is 90.3. The van der Waals surface area contributed by atoms with E-state index in [4.69, 9.17) is 29.8 Å². The summed E-state index contributed by atoms with van der Waals surface area (Å²) < 4.78 is 69.0. The number of halogens is 1. The lowest BCUT2D eigenvalue weighted by Crippen LogP contribution is -2.54. The fraction of sp³-hybridized carbons (Fsp3) is 0.539. The van der Waals surface area contributed by atoms with E-state index in [0.29, 0.717) is 81.9 Å². The van der Waals surface area contributed by atoms with E-state index in [1.54, 1.807) is 95.0 Å². The van der Waals surface area contributed by atoms with E-state index in [0.717, 1.165) is 46.9 Å². The molecule has 0 radical (unpaired) electrons. The van der Waals surface area contributed by atoms with Crippen molar-refractivity contribution in [3.63, 3.8) is 0 Å². The second kappa shape index (κ2) is 46.2. The van der Waals surface area contributed by atoms with Crippen molar-refractivity contribution in [3.05, 3.63) is 113 Å². The van der Waals surface area contributed by atoms with Gasteiger partial charge in [0.05, 0.1) is 71.1 Å². The first-order valence-corrected chi connectivity index (χ1v) is 41.8. The number of hydrogen-bond acceptors (Lipinski definition) is 29. The van der Waals surface area contributed by atoms with Crippen molar-refractivity contribution in [2.24, 2.45) is 0 Å². The first-order valence-electron chi connectivity index (χ1n) is 37.3. The highest BCUT2D eigenvalue weighted by Crippen LogP contribution is 2.34. The van der Waals surface area contributed by atoms with E-state index in [-0.39, 0.29) is 85.1 Å². The SMILES string of the molecule is CN(CCCO)C(=O)OC(C)(C)C.CN(CCCOS(C)(=O)=O)C(=O)OC(C)(C)C.CN(CCCn1cc(C=O)cn1)C(=O)OC(C)(C)C.CN(CCCn1cc(CNc2cccc3c2C(=O)N(C2CCC(=O)NC2=O)C3=O)cn1)C(=O)OC(C)(C)C.CS(=O)(=O)Cl.Nc1cccc2c1C(=O)N(C1CCC(=O)NC1=O)C2=O.O=Cc1cn[nH]c1. The minimum absolute atomic E-state index is 0.0615. The maximum atomic E-state index is 13.2. The van der Waals surface area contributed by atoms with Crippen molar-refractivity contribution >= 4 is 125 Å². The zero-order valence-electron chi connectivity index (χ0n) is 70.3. The molecule has 12 amide bonds. The number of hydrogen-bond donors (Lipinski definition) is 6. The van der Waals surface area contributed by atoms with Crippen molar-refractivity contribution in [1.29, 1.82) is 0 Å². The number of aromatic nitrogens is 6. The van der Waals surface area contributed by atoms with Crippen LogP contribution in [-0.2, 0) is 81.1 Å². The molecular formula is C76H111ClN16O24S2. The summed E-state index contributed by atoms with van der Waals surface area (Å²) in [5, 5.41) is 30.5. The Kier molecular flexibility index (Phi) is 39.6. The van der Waals surface area contributed by atoms with Gasteiger partial charge in [-0.15, -0.1) is 0 Å². The number of anilines is 2. The molecule has 658 valence electrons. The highest BCUT2D eigenvalue weighted by Gasteiger charge is 2.47. The molecule has 2 fully saturated rings. The number of imide groups is 4. The molecule has 43 heteroatoms. The summed E-state index contributed by atoms with van der Waals surface area (Å²) in [5.41, 5.74) is 7.13. The number of nitrogen functional groups attached to an aromatic ring is 1. The molecule has 40 nitrogen and oxygen atoms in total. The van der Waals surface area contributed by atoms with Crippen LogP contribution in [0.5, 0.6) is 0 Å². The van der Waals surface area contributed by atoms with E-state index < -0.39 is 107 Å². The predicted octanol–water partition coefficient (Wildman–Crippen LogP) is 6.64. The van der Waals surface area contributed by atoms with Crippen molar-refractivity contribution in [2.75, 3.05) is 91.1 Å². The number of benzene rings is 2. The summed E-state index contributed by atoms with van der Waals surface area (Å²) in [7, 11) is 4.55. The minimum Gasteiger partial charge on any atom is -0.444 e. The summed E-state index contributed by atoms with van der Waals surface area (Å²) >= 11 is 0. The number of H-pyrrole nitrogens is 1. The smallest absolute Gasteiger partial charge is 0.410 e. The van der Waals surface area contributed by atoms with Gasteiger partial charge in [0.15, 0.2) is 12.6 Å². The molecule has 0 spiro atoms. The quantitative estimate of drug-likeness (QED) is 0.00759. The summed E-state index contributed by atoms with van der Waals surface area (Å²) in [6.07, 6.45) is 14.5. The summed E-state index contributed by atoms with van der Waals surface area (Å²) in [4.78, 5) is 172. The molecular weight excluding hydrogens is 1620 g/mol. The van der Waals surface area contributed by atoms with Gasteiger partial charge in [0.25, 0.3) is 33.7 Å². The number of nitrogens with one attached hydrogen (secondary N) is 4. The lowest BCUT2D eigenvalue weighted by Gasteiger charge is -2.27. The number of aliphatic hydroxyl groups is 1. The first kappa shape index (κ1) is 102. The van der Waals surface area contributed by atoms with E-state index >= 15 is 0 Å². The number of ether oxygens (including phenoxy) is 4. The molecule has 5 aromatic rings. The van der Waals surface area contributed by atoms with Gasteiger partial charge in [-0.25, -0.2) is 27.6 Å². The Morgan fingerprint density at radius 3 is 1.34 bits per heavy atom. The van der Waals surface area contributed by atoms with Crippen LogP contribution >= 0.6 is 10.7 Å². The van der Waals surface area contributed by atoms with Crippen LogP contribution in [0.3, 0.4) is 0 Å². The molecule has 2 aromatic carbocycles. The van der Waals surface area contributed by atoms with Crippen LogP contribution in [-0.4, -0.2) is 280 Å². The number of aryl methyl sites for hydroxylation is 2. The van der Waals surface area contributed by atoms with Gasteiger partial charge in [0, 0.05) is 140 Å². The number of rotatable bonds is 23. The Labute approximate surface area is 696 Å². The highest BCUT2D eigenvalue weighted by molar-refractivity contribution is 8.13. The third-order valence-electron chi connectivity index (χ3n) is 15.8. The van der Waals surface area contributed by atoms with Crippen LogP contribution in [0.2, 0.25) is 0 Å². The monoisotopic (exact) mass is 1730 g/mol. The topological polar surface area (TPSA) is 520 Å². The molecule has 0 aliphatic carbocycles. The van der Waals surface area contributed by atoms with Gasteiger partial charge in [0.2, 0.25) is 32.7 Å². The van der Waals surface area contributed by atoms with Gasteiger partial charge in [-0.1, -0.05) is 12.1 Å². The van der Waals surface area contributed by atoms with Crippen molar-refractivity contribution < 1.29 is 112 Å². The third-order valence-corrected chi connectivity index (χ3v) is 16.3. The van der Waals surface area contributed by atoms with E-state index in [1.807, 2.05) is 68.5 Å². The van der Waals surface area contributed by atoms with Crippen molar-refractivity contribution in [2.45, 2.75) is 189 Å². The number of aldehydes is 2. The van der Waals surface area contributed by atoms with Gasteiger partial charge >= 0.3 is 24.4 Å². The fourth-order valence-corrected chi connectivity index (χ4v) is 10.8. The van der Waals surface area contributed by atoms with Gasteiger partial charge in [0.1, 0.15) is 34.5 Å². The Bertz CT molecular complexity index is 4580. The molecule has 2 unspecified atom stereocenters. The average Bonchev–Trinajstić information content (AvgIpc) is 1.61. The molecule has 7 N–H and O–H groups in total. The van der Waals surface area contributed by atoms with Crippen molar-refractivity contribution in [1.82, 2.24) is 69.8 Å². The largest absolute Gasteiger partial charge is 0.444 e. The second-order valence-electron chi connectivity index (χ2n) is 31.1. The molecule has 9 rings (SSSR count). The first-order chi connectivity index (χ1) is 55.1. The second-order valence-corrected chi connectivity index (χ2v) is 35.8. The van der Waals surface area contributed by atoms with Gasteiger partial charge in [-0.3, -0.25) is 87.0 Å². The Morgan fingerprint density at radius 2 is 0.966 bits per heavy atom. The van der Waals surface area contributed by atoms with Gasteiger partial charge in [-0.2, -0.15) is 23.7 Å². The van der Waals surface area contributed by atoms with Crippen LogP contribution in [0.1, 0.15) is 202 Å². The molecule has 119 heavy (non-hydrogen) atoms. The number of carbonyl (C=O) groups is 14. The van der Waals surface area contributed by atoms with Crippen LogP contribution < -0.4 is 21.7 Å². The van der Waals surface area contributed by atoms with Gasteiger partial charge in [-0.05, 0) is 146 Å². The number of piperidine rings is 2. The summed E-state index contributed by atoms with van der Waals surface area (Å²) in [6, 6.07) is 7.56. The summed E-state index contributed by atoms with van der Waals surface area (Å²) in [5.74, 6) is -4.34. The van der Waals surface area contributed by atoms with Crippen LogP contribution in [0, 0.1) is 0 Å². The Balaban J connectivity index is 0.000000389. The number of aliphatic hydroxyl groups excluding tert-OH is 1. The van der Waals surface area contributed by atoms with E-state index in [9.17, 15) is 84.0 Å². The van der Waals surface area contributed by atoms with Crippen molar-refractivity contribution in [3.8, 4) is 0 Å². The van der Waals surface area contributed by atoms with E-state index in [2.05, 4.69) is 51.2 Å². The van der Waals surface area contributed by atoms with Crippen LogP contribution in [0.4, 0.5) is 30.6 Å².